The lowest BCUT2D eigenvalue weighted by Gasteiger charge is -2.19. The third-order valence-corrected chi connectivity index (χ3v) is 6.06. The fourth-order valence-corrected chi connectivity index (χ4v) is 4.22. The average molecular weight is 478 g/mol. The number of esters is 1. The van der Waals surface area contributed by atoms with Crippen molar-refractivity contribution in [1.29, 1.82) is 0 Å². The number of carbonyl (C=O) groups is 2. The maximum atomic E-state index is 15.2. The zero-order valence-corrected chi connectivity index (χ0v) is 17.9. The molecule has 1 aromatic heterocycles. The lowest BCUT2D eigenvalue weighted by atomic mass is 9.97. The first kappa shape index (κ1) is 20.6. The highest BCUT2D eigenvalue weighted by Crippen LogP contribution is 2.37. The molecule has 30 heavy (non-hydrogen) atoms. The molecular weight excluding hydrogens is 457 g/mol. The number of aryl methyl sites for hydroxylation is 1. The minimum absolute atomic E-state index is 0.110. The Bertz CT molecular complexity index is 1110. The van der Waals surface area contributed by atoms with Gasteiger partial charge in [0, 0.05) is 16.7 Å². The predicted molar refractivity (Wildman–Crippen MR) is 112 cm³/mol. The van der Waals surface area contributed by atoms with Crippen LogP contribution in [0.15, 0.2) is 27.5 Å². The minimum Gasteiger partial charge on any atom is -0.462 e. The second-order valence-corrected chi connectivity index (χ2v) is 8.69. The Morgan fingerprint density at radius 3 is 2.70 bits per heavy atom. The lowest BCUT2D eigenvalue weighted by molar-refractivity contribution is -0.119. The van der Waals surface area contributed by atoms with Gasteiger partial charge >= 0.3 is 5.97 Å². The van der Waals surface area contributed by atoms with Crippen LogP contribution in [0.5, 0.6) is 0 Å². The standard InChI is InChI=1S/C21H21BrFN3O4/c1-10-8-12(22)4-5-14(10)25-17-15(21(29)30-9-11-2-3-11)18-13(19(24)27)6-7-26(18)20(28)16(17)23/h4-5,8,11,13,25H,2-3,6-7,9H2,1H3,(H2,24,27). The Labute approximate surface area is 180 Å². The Kier molecular flexibility index (Phi) is 5.40. The first-order valence-corrected chi connectivity index (χ1v) is 10.5. The lowest BCUT2D eigenvalue weighted by Crippen LogP contribution is -2.30. The van der Waals surface area contributed by atoms with Gasteiger partial charge in [0.05, 0.1) is 23.9 Å². The molecule has 1 atom stereocenters. The van der Waals surface area contributed by atoms with E-state index >= 15 is 4.39 Å². The molecule has 1 fully saturated rings. The average Bonchev–Trinajstić information content (AvgIpc) is 3.42. The first-order chi connectivity index (χ1) is 14.3. The second-order valence-electron chi connectivity index (χ2n) is 7.78. The number of pyridine rings is 1. The molecule has 1 amide bonds. The van der Waals surface area contributed by atoms with E-state index in [4.69, 9.17) is 10.5 Å². The fourth-order valence-electron chi connectivity index (χ4n) is 3.74. The van der Waals surface area contributed by atoms with Gasteiger partial charge in [0.25, 0.3) is 5.56 Å². The van der Waals surface area contributed by atoms with Crippen molar-refractivity contribution in [3.8, 4) is 0 Å². The van der Waals surface area contributed by atoms with Crippen LogP contribution in [0.3, 0.4) is 0 Å². The van der Waals surface area contributed by atoms with Crippen LogP contribution in [0.4, 0.5) is 15.8 Å². The van der Waals surface area contributed by atoms with E-state index in [0.29, 0.717) is 11.6 Å². The molecule has 2 aromatic rings. The number of hydrogen-bond acceptors (Lipinski definition) is 5. The summed E-state index contributed by atoms with van der Waals surface area (Å²) in [6.45, 7) is 2.14. The van der Waals surface area contributed by atoms with Gasteiger partial charge in [0.2, 0.25) is 11.7 Å². The number of carbonyl (C=O) groups excluding carboxylic acids is 2. The van der Waals surface area contributed by atoms with Crippen LogP contribution >= 0.6 is 15.9 Å². The SMILES string of the molecule is Cc1cc(Br)ccc1Nc1c(C(=O)OCC2CC2)c2n(c(=O)c1F)CCC2C(N)=O. The van der Waals surface area contributed by atoms with Gasteiger partial charge in [-0.15, -0.1) is 0 Å². The van der Waals surface area contributed by atoms with Crippen LogP contribution in [0.25, 0.3) is 0 Å². The molecule has 2 aliphatic rings. The van der Waals surface area contributed by atoms with E-state index in [1.165, 1.54) is 0 Å². The number of anilines is 2. The number of halogens is 2. The van der Waals surface area contributed by atoms with Crippen LogP contribution in [-0.4, -0.2) is 23.1 Å². The molecule has 9 heteroatoms. The van der Waals surface area contributed by atoms with E-state index in [2.05, 4.69) is 21.2 Å². The number of ether oxygens (including phenoxy) is 1. The molecule has 0 bridgehead atoms. The molecule has 0 spiro atoms. The minimum atomic E-state index is -1.09. The topological polar surface area (TPSA) is 103 Å². The third-order valence-electron chi connectivity index (χ3n) is 5.56. The quantitative estimate of drug-likeness (QED) is 0.620. The van der Waals surface area contributed by atoms with Crippen LogP contribution in [0.1, 0.15) is 46.8 Å². The van der Waals surface area contributed by atoms with E-state index in [-0.39, 0.29) is 36.5 Å². The van der Waals surface area contributed by atoms with Gasteiger partial charge in [-0.25, -0.2) is 4.79 Å². The van der Waals surface area contributed by atoms with Gasteiger partial charge < -0.3 is 20.4 Å². The molecule has 3 N–H and O–H groups in total. The summed E-state index contributed by atoms with van der Waals surface area (Å²) in [5.74, 6) is -3.10. The molecule has 2 heterocycles. The maximum absolute atomic E-state index is 15.2. The van der Waals surface area contributed by atoms with Crippen molar-refractivity contribution in [3.05, 3.63) is 55.7 Å². The van der Waals surface area contributed by atoms with E-state index in [9.17, 15) is 14.4 Å². The smallest absolute Gasteiger partial charge is 0.342 e. The number of nitrogens with one attached hydrogen (secondary N) is 1. The highest BCUT2D eigenvalue weighted by atomic mass is 79.9. The van der Waals surface area contributed by atoms with Crippen LogP contribution in [0.2, 0.25) is 0 Å². The predicted octanol–water partition coefficient (Wildman–Crippen LogP) is 3.34. The van der Waals surface area contributed by atoms with Crippen molar-refractivity contribution in [2.24, 2.45) is 11.7 Å². The number of fused-ring (bicyclic) bond motifs is 1. The second kappa shape index (κ2) is 7.86. The van der Waals surface area contributed by atoms with Gasteiger partial charge in [0.1, 0.15) is 5.56 Å². The third kappa shape index (κ3) is 3.74. The highest BCUT2D eigenvalue weighted by molar-refractivity contribution is 9.10. The first-order valence-electron chi connectivity index (χ1n) is 9.73. The fraction of sp³-hybridized carbons (Fsp3) is 0.381. The molecule has 1 aliphatic heterocycles. The van der Waals surface area contributed by atoms with Crippen molar-refractivity contribution < 1.29 is 18.7 Å². The van der Waals surface area contributed by atoms with Crippen LogP contribution in [-0.2, 0) is 16.1 Å². The molecule has 0 saturated heterocycles. The van der Waals surface area contributed by atoms with Crippen molar-refractivity contribution in [2.45, 2.75) is 38.6 Å². The van der Waals surface area contributed by atoms with Gasteiger partial charge in [0.15, 0.2) is 0 Å². The summed E-state index contributed by atoms with van der Waals surface area (Å²) in [7, 11) is 0. The number of aromatic nitrogens is 1. The summed E-state index contributed by atoms with van der Waals surface area (Å²) >= 11 is 3.37. The normalized spacial score (nSPS) is 17.5. The molecule has 158 valence electrons. The van der Waals surface area contributed by atoms with Crippen molar-refractivity contribution in [3.63, 3.8) is 0 Å². The van der Waals surface area contributed by atoms with Crippen LogP contribution < -0.4 is 16.6 Å². The largest absolute Gasteiger partial charge is 0.462 e. The van der Waals surface area contributed by atoms with Gasteiger partial charge in [-0.2, -0.15) is 4.39 Å². The van der Waals surface area contributed by atoms with E-state index in [1.807, 2.05) is 13.0 Å². The Morgan fingerprint density at radius 1 is 1.33 bits per heavy atom. The molecule has 1 saturated carbocycles. The van der Waals surface area contributed by atoms with Gasteiger partial charge in [-0.1, -0.05) is 15.9 Å². The number of rotatable bonds is 6. The van der Waals surface area contributed by atoms with E-state index < -0.39 is 29.2 Å². The highest BCUT2D eigenvalue weighted by Gasteiger charge is 2.38. The molecule has 1 aromatic carbocycles. The monoisotopic (exact) mass is 477 g/mol. The summed E-state index contributed by atoms with van der Waals surface area (Å²) < 4.78 is 22.5. The molecular formula is C21H21BrFN3O4. The number of benzene rings is 1. The van der Waals surface area contributed by atoms with Gasteiger partial charge in [-0.3, -0.25) is 9.59 Å². The Hall–Kier alpha value is -2.68. The Balaban J connectivity index is 1.87. The van der Waals surface area contributed by atoms with E-state index in [1.54, 1.807) is 12.1 Å². The van der Waals surface area contributed by atoms with Crippen LogP contribution in [0, 0.1) is 18.7 Å². The zero-order chi connectivity index (χ0) is 21.6. The van der Waals surface area contributed by atoms with Crippen molar-refractivity contribution in [1.82, 2.24) is 4.57 Å². The van der Waals surface area contributed by atoms with E-state index in [0.717, 1.165) is 27.4 Å². The summed E-state index contributed by atoms with van der Waals surface area (Å²) in [5, 5.41) is 2.89. The number of amides is 1. The molecule has 7 nitrogen and oxygen atoms in total. The summed E-state index contributed by atoms with van der Waals surface area (Å²) in [6, 6.07) is 5.27. The summed E-state index contributed by atoms with van der Waals surface area (Å²) in [4.78, 5) is 37.7. The molecule has 1 aliphatic carbocycles. The molecule has 1 unspecified atom stereocenters. The van der Waals surface area contributed by atoms with Gasteiger partial charge in [-0.05, 0) is 55.9 Å². The van der Waals surface area contributed by atoms with Crippen molar-refractivity contribution in [2.75, 3.05) is 11.9 Å². The molecule has 0 radical (unpaired) electrons. The number of nitrogens with two attached hydrogens (primary N) is 1. The Morgan fingerprint density at radius 2 is 2.07 bits per heavy atom. The molecule has 4 rings (SSSR count). The summed E-state index contributed by atoms with van der Waals surface area (Å²) in [6.07, 6.45) is 2.18. The zero-order valence-electron chi connectivity index (χ0n) is 16.3. The number of nitrogens with zero attached hydrogens (tertiary/aromatic N) is 1. The maximum Gasteiger partial charge on any atom is 0.342 e. The number of primary amides is 1. The van der Waals surface area contributed by atoms with Crippen molar-refractivity contribution >= 4 is 39.2 Å². The number of hydrogen-bond donors (Lipinski definition) is 2. The summed E-state index contributed by atoms with van der Waals surface area (Å²) in [5.41, 5.74) is 5.60.